The van der Waals surface area contributed by atoms with Gasteiger partial charge in [-0.3, -0.25) is 4.79 Å². The fraction of sp³-hybridized carbons (Fsp3) is 0.522. The number of carbonyl (C=O) groups excluding carboxylic acids is 1. The summed E-state index contributed by atoms with van der Waals surface area (Å²) in [7, 11) is 0. The van der Waals surface area contributed by atoms with E-state index in [1.165, 1.54) is 11.1 Å². The number of rotatable bonds is 5. The summed E-state index contributed by atoms with van der Waals surface area (Å²) in [5.41, 5.74) is 3.06. The number of nitrogens with zero attached hydrogens (tertiary/aromatic N) is 4. The van der Waals surface area contributed by atoms with Crippen molar-refractivity contribution in [3.05, 3.63) is 53.9 Å². The number of amides is 1. The summed E-state index contributed by atoms with van der Waals surface area (Å²) >= 11 is 0. The zero-order valence-electron chi connectivity index (χ0n) is 17.0. The number of anilines is 1. The first-order valence-corrected chi connectivity index (χ1v) is 10.6. The van der Waals surface area contributed by atoms with Crippen LogP contribution in [0.1, 0.15) is 56.6 Å². The Labute approximate surface area is 167 Å². The van der Waals surface area contributed by atoms with Gasteiger partial charge in [0.25, 0.3) is 0 Å². The van der Waals surface area contributed by atoms with E-state index in [4.69, 9.17) is 0 Å². The zero-order chi connectivity index (χ0) is 19.6. The van der Waals surface area contributed by atoms with E-state index in [2.05, 4.69) is 53.0 Å². The lowest BCUT2D eigenvalue weighted by Gasteiger charge is -2.40. The average molecular weight is 379 g/mol. The molecule has 1 amide bonds. The van der Waals surface area contributed by atoms with Gasteiger partial charge in [0.15, 0.2) is 0 Å². The van der Waals surface area contributed by atoms with Crippen LogP contribution < -0.4 is 4.90 Å². The van der Waals surface area contributed by atoms with Crippen LogP contribution in [-0.2, 0) is 10.2 Å². The predicted octanol–water partition coefficient (Wildman–Crippen LogP) is 3.76. The van der Waals surface area contributed by atoms with Crippen LogP contribution in [0.15, 0.2) is 42.7 Å². The molecule has 5 heteroatoms. The molecule has 1 aliphatic carbocycles. The first-order chi connectivity index (χ1) is 13.7. The van der Waals surface area contributed by atoms with E-state index >= 15 is 0 Å². The number of hydrogen-bond donors (Lipinski definition) is 0. The molecule has 1 aromatic carbocycles. The number of piperidine rings is 1. The van der Waals surface area contributed by atoms with Crippen molar-refractivity contribution >= 4 is 11.9 Å². The van der Waals surface area contributed by atoms with Crippen LogP contribution in [0.2, 0.25) is 0 Å². The van der Waals surface area contributed by atoms with E-state index in [1.807, 2.05) is 23.4 Å². The molecule has 2 aliphatic rings. The van der Waals surface area contributed by atoms with E-state index in [1.54, 1.807) is 0 Å². The summed E-state index contributed by atoms with van der Waals surface area (Å²) < 4.78 is 0. The molecule has 0 saturated carbocycles. The third-order valence-corrected chi connectivity index (χ3v) is 6.70. The lowest BCUT2D eigenvalue weighted by Crippen LogP contribution is -2.42. The molecular formula is C23H30N4O. The van der Waals surface area contributed by atoms with Gasteiger partial charge < -0.3 is 9.80 Å². The van der Waals surface area contributed by atoms with Crippen LogP contribution >= 0.6 is 0 Å². The van der Waals surface area contributed by atoms with E-state index in [0.29, 0.717) is 12.3 Å². The zero-order valence-corrected chi connectivity index (χ0v) is 17.0. The van der Waals surface area contributed by atoms with Crippen LogP contribution in [0.4, 0.5) is 5.95 Å². The molecule has 2 aromatic rings. The average Bonchev–Trinajstić information content (AvgIpc) is 3.03. The Hall–Kier alpha value is -2.43. The SMILES string of the molecule is CCN(CC)C(=O)C[C@@H]1CC2(CCN(c3ncccn3)CC2)c2ccccc21. The third kappa shape index (κ3) is 3.38. The van der Waals surface area contributed by atoms with Crippen molar-refractivity contribution in [2.75, 3.05) is 31.1 Å². The van der Waals surface area contributed by atoms with Crippen molar-refractivity contribution in [1.82, 2.24) is 14.9 Å². The summed E-state index contributed by atoms with van der Waals surface area (Å²) in [5.74, 6) is 1.46. The highest BCUT2D eigenvalue weighted by Gasteiger charge is 2.46. The summed E-state index contributed by atoms with van der Waals surface area (Å²) in [6, 6.07) is 10.7. The monoisotopic (exact) mass is 378 g/mol. The van der Waals surface area contributed by atoms with E-state index in [0.717, 1.165) is 51.4 Å². The fourth-order valence-corrected chi connectivity index (χ4v) is 5.19. The molecule has 1 atom stereocenters. The van der Waals surface area contributed by atoms with Crippen LogP contribution in [0, 0.1) is 0 Å². The highest BCUT2D eigenvalue weighted by Crippen LogP contribution is 2.52. The molecule has 2 heterocycles. The molecule has 5 nitrogen and oxygen atoms in total. The van der Waals surface area contributed by atoms with Crippen molar-refractivity contribution in [3.63, 3.8) is 0 Å². The first kappa shape index (κ1) is 18.9. The van der Waals surface area contributed by atoms with Gasteiger partial charge in [-0.1, -0.05) is 24.3 Å². The number of benzene rings is 1. The Kier molecular flexibility index (Phi) is 5.33. The summed E-state index contributed by atoms with van der Waals surface area (Å²) in [6.45, 7) is 7.64. The van der Waals surface area contributed by atoms with Crippen LogP contribution in [0.3, 0.4) is 0 Å². The quantitative estimate of drug-likeness (QED) is 0.795. The van der Waals surface area contributed by atoms with Gasteiger partial charge >= 0.3 is 0 Å². The Balaban J connectivity index is 1.52. The second-order valence-electron chi connectivity index (χ2n) is 8.07. The van der Waals surface area contributed by atoms with Crippen molar-refractivity contribution in [1.29, 1.82) is 0 Å². The molecule has 1 saturated heterocycles. The second kappa shape index (κ2) is 7.90. The van der Waals surface area contributed by atoms with Crippen LogP contribution in [0.5, 0.6) is 0 Å². The van der Waals surface area contributed by atoms with Gasteiger partial charge in [0.2, 0.25) is 11.9 Å². The van der Waals surface area contributed by atoms with Crippen molar-refractivity contribution < 1.29 is 4.79 Å². The number of hydrogen-bond acceptors (Lipinski definition) is 4. The molecule has 1 fully saturated rings. The minimum absolute atomic E-state index is 0.191. The maximum atomic E-state index is 12.8. The van der Waals surface area contributed by atoms with Crippen molar-refractivity contribution in [2.45, 2.75) is 50.9 Å². The van der Waals surface area contributed by atoms with Crippen LogP contribution in [-0.4, -0.2) is 47.0 Å². The van der Waals surface area contributed by atoms with E-state index in [-0.39, 0.29) is 11.3 Å². The highest BCUT2D eigenvalue weighted by molar-refractivity contribution is 5.77. The largest absolute Gasteiger partial charge is 0.343 e. The Morgan fingerprint density at radius 2 is 1.79 bits per heavy atom. The molecule has 1 spiro atoms. The van der Waals surface area contributed by atoms with Crippen molar-refractivity contribution in [2.24, 2.45) is 0 Å². The normalized spacial score (nSPS) is 20.2. The molecule has 4 rings (SSSR count). The van der Waals surface area contributed by atoms with Gasteiger partial charge in [0.1, 0.15) is 0 Å². The Morgan fingerprint density at radius 1 is 1.11 bits per heavy atom. The van der Waals surface area contributed by atoms with Gasteiger partial charge in [-0.15, -0.1) is 0 Å². The number of aromatic nitrogens is 2. The standard InChI is InChI=1S/C23H30N4O/c1-3-26(4-2)21(28)16-18-17-23(20-9-6-5-8-19(18)20)10-14-27(15-11-23)22-24-12-7-13-25-22/h5-9,12-13,18H,3-4,10-11,14-17H2,1-2H3/t18-/m1/s1. The lowest BCUT2D eigenvalue weighted by molar-refractivity contribution is -0.131. The molecule has 0 N–H and O–H groups in total. The van der Waals surface area contributed by atoms with Gasteiger partial charge in [0.05, 0.1) is 0 Å². The molecule has 148 valence electrons. The third-order valence-electron chi connectivity index (χ3n) is 6.70. The minimum atomic E-state index is 0.191. The molecule has 0 unspecified atom stereocenters. The van der Waals surface area contributed by atoms with E-state index < -0.39 is 0 Å². The maximum Gasteiger partial charge on any atom is 0.225 e. The smallest absolute Gasteiger partial charge is 0.225 e. The minimum Gasteiger partial charge on any atom is -0.343 e. The van der Waals surface area contributed by atoms with Gasteiger partial charge in [0, 0.05) is 45.0 Å². The van der Waals surface area contributed by atoms with Crippen molar-refractivity contribution in [3.8, 4) is 0 Å². The van der Waals surface area contributed by atoms with E-state index in [9.17, 15) is 4.79 Å². The van der Waals surface area contributed by atoms with Gasteiger partial charge in [-0.25, -0.2) is 9.97 Å². The number of fused-ring (bicyclic) bond motifs is 2. The molecule has 28 heavy (non-hydrogen) atoms. The molecule has 0 radical (unpaired) electrons. The molecule has 0 bridgehead atoms. The summed E-state index contributed by atoms with van der Waals surface area (Å²) in [5, 5.41) is 0. The van der Waals surface area contributed by atoms with Crippen LogP contribution in [0.25, 0.3) is 0 Å². The molecular weight excluding hydrogens is 348 g/mol. The summed E-state index contributed by atoms with van der Waals surface area (Å²) in [4.78, 5) is 25.9. The van der Waals surface area contributed by atoms with Gasteiger partial charge in [-0.2, -0.15) is 0 Å². The summed E-state index contributed by atoms with van der Waals surface area (Å²) in [6.07, 6.45) is 7.53. The Bertz CT molecular complexity index is 810. The molecule has 1 aromatic heterocycles. The fourth-order valence-electron chi connectivity index (χ4n) is 5.19. The highest BCUT2D eigenvalue weighted by atomic mass is 16.2. The second-order valence-corrected chi connectivity index (χ2v) is 8.07. The topological polar surface area (TPSA) is 49.3 Å². The lowest BCUT2D eigenvalue weighted by atomic mass is 9.73. The Morgan fingerprint density at radius 3 is 2.46 bits per heavy atom. The first-order valence-electron chi connectivity index (χ1n) is 10.6. The number of carbonyl (C=O) groups is 1. The predicted molar refractivity (Wildman–Crippen MR) is 112 cm³/mol. The van der Waals surface area contributed by atoms with Gasteiger partial charge in [-0.05, 0) is 61.6 Å². The molecule has 1 aliphatic heterocycles. The maximum absolute atomic E-state index is 12.8.